The summed E-state index contributed by atoms with van der Waals surface area (Å²) in [4.78, 5) is 2.09. The zero-order valence-corrected chi connectivity index (χ0v) is 13.4. The Morgan fingerprint density at radius 3 is 2.16 bits per heavy atom. The third-order valence-electron chi connectivity index (χ3n) is 4.56. The van der Waals surface area contributed by atoms with Crippen molar-refractivity contribution in [2.75, 3.05) is 23.8 Å². The van der Waals surface area contributed by atoms with Crippen molar-refractivity contribution in [3.05, 3.63) is 59.7 Å². The lowest BCUT2D eigenvalue weighted by Crippen LogP contribution is -2.32. The first-order valence-electron chi connectivity index (χ1n) is 7.78. The summed E-state index contributed by atoms with van der Waals surface area (Å²) >= 11 is 0. The van der Waals surface area contributed by atoms with E-state index in [1.54, 1.807) is 12.1 Å². The van der Waals surface area contributed by atoms with Gasteiger partial charge in [-0.25, -0.2) is 0 Å². The van der Waals surface area contributed by atoms with Crippen molar-refractivity contribution >= 4 is 11.4 Å². The predicted octanol–water partition coefficient (Wildman–Crippen LogP) is 3.16. The van der Waals surface area contributed by atoms with E-state index in [0.717, 1.165) is 23.4 Å². The molecule has 2 aromatic carbocycles. The van der Waals surface area contributed by atoms with Gasteiger partial charge in [0.25, 0.3) is 0 Å². The summed E-state index contributed by atoms with van der Waals surface area (Å²) in [6.45, 7) is 0.655. The van der Waals surface area contributed by atoms with Gasteiger partial charge in [0.1, 0.15) is 0 Å². The molecule has 0 aliphatic carbocycles. The number of halogens is 3. The van der Waals surface area contributed by atoms with E-state index < -0.39 is 11.7 Å². The van der Waals surface area contributed by atoms with E-state index in [1.807, 2.05) is 12.1 Å². The summed E-state index contributed by atoms with van der Waals surface area (Å²) in [5.74, 6) is 0.0852. The van der Waals surface area contributed by atoms with Crippen LogP contribution in [0.5, 0.6) is 0 Å². The molecule has 133 valence electrons. The molecule has 1 unspecified atom stereocenters. The fourth-order valence-corrected chi connectivity index (χ4v) is 3.26. The van der Waals surface area contributed by atoms with Gasteiger partial charge in [-0.1, -0.05) is 12.1 Å². The van der Waals surface area contributed by atoms with Gasteiger partial charge < -0.3 is 15.7 Å². The second-order valence-corrected chi connectivity index (χ2v) is 6.13. The van der Waals surface area contributed by atoms with Crippen LogP contribution in [-0.2, 0) is 6.18 Å². The molecular weight excluding hydrogens is 331 g/mol. The third kappa shape index (κ3) is 4.05. The number of nitrogens with two attached hydrogens (primary N) is 1. The maximum atomic E-state index is 12.7. The van der Waals surface area contributed by atoms with E-state index in [2.05, 4.69) is 4.90 Å². The zero-order chi connectivity index (χ0) is 17.3. The number of nitrogen functional groups attached to an aromatic ring is 1. The van der Waals surface area contributed by atoms with Crippen LogP contribution in [0.25, 0.3) is 0 Å². The molecule has 0 amide bonds. The van der Waals surface area contributed by atoms with E-state index in [0.29, 0.717) is 18.7 Å². The minimum Gasteiger partial charge on any atom is -0.399 e. The zero-order valence-electron chi connectivity index (χ0n) is 13.4. The summed E-state index contributed by atoms with van der Waals surface area (Å²) < 4.78 is 38.0. The minimum atomic E-state index is -4.32. The van der Waals surface area contributed by atoms with Crippen LogP contribution in [0.3, 0.4) is 0 Å². The lowest BCUT2D eigenvalue weighted by atomic mass is 9.95. The van der Waals surface area contributed by atoms with Gasteiger partial charge in [-0.05, 0) is 48.4 Å². The molecule has 7 heteroatoms. The van der Waals surface area contributed by atoms with Gasteiger partial charge in [-0.2, -0.15) is 13.2 Å². The number of anilines is 2. The lowest BCUT2D eigenvalue weighted by Gasteiger charge is -2.25. The number of nitrogens with zero attached hydrogens (tertiary/aromatic N) is 2. The van der Waals surface area contributed by atoms with Crippen LogP contribution in [0, 0.1) is 0 Å². The molecule has 1 heterocycles. The van der Waals surface area contributed by atoms with Crippen LogP contribution in [0.2, 0.25) is 0 Å². The number of hydrogen-bond acceptors (Lipinski definition) is 3. The molecule has 1 fully saturated rings. The average molecular weight is 350 g/mol. The van der Waals surface area contributed by atoms with Crippen LogP contribution in [0.1, 0.15) is 23.5 Å². The Balaban J connectivity index is 0.00000225. The predicted molar refractivity (Wildman–Crippen MR) is 90.0 cm³/mol. The smallest absolute Gasteiger partial charge is 0.399 e. The molecule has 3 rings (SSSR count). The van der Waals surface area contributed by atoms with E-state index in [1.165, 1.54) is 12.1 Å². The van der Waals surface area contributed by atoms with Crippen molar-refractivity contribution in [3.8, 4) is 0 Å². The van der Waals surface area contributed by atoms with Crippen LogP contribution in [0.15, 0.2) is 48.5 Å². The van der Waals surface area contributed by atoms with Gasteiger partial charge in [-0.3, -0.25) is 0 Å². The lowest BCUT2D eigenvalue weighted by molar-refractivity contribution is -0.137. The Hall–Kier alpha value is -2.25. The minimum absolute atomic E-state index is 0. The molecule has 1 aliphatic heterocycles. The molecule has 3 N–H and O–H groups in total. The molecule has 0 saturated carbocycles. The first-order valence-corrected chi connectivity index (χ1v) is 7.78. The highest BCUT2D eigenvalue weighted by Gasteiger charge is 2.34. The Kier molecular flexibility index (Phi) is 5.59. The fraction of sp³-hybridized carbons (Fsp3) is 0.333. The Bertz CT molecular complexity index is 686. The Morgan fingerprint density at radius 2 is 1.64 bits per heavy atom. The van der Waals surface area contributed by atoms with Crippen LogP contribution in [-0.4, -0.2) is 24.3 Å². The molecule has 0 bridgehead atoms. The maximum absolute atomic E-state index is 12.7. The molecular formula is C18H19F3N3O. The SMILES string of the molecule is Nc1ccc(N2CC(c3ccc(C(F)(F)F)cc3)C[C@H]2CO)cc1.[N]. The standard InChI is InChI=1S/C18H19F3N2O.N/c19-18(20,21)14-3-1-12(2-4-14)13-9-17(11-24)23(10-13)16-7-5-15(22)6-8-16;/h1-8,13,17,24H,9-11,22H2;/t13?,17-;/m0./s1. The first-order chi connectivity index (χ1) is 11.4. The van der Waals surface area contributed by atoms with Crippen LogP contribution in [0.4, 0.5) is 24.5 Å². The largest absolute Gasteiger partial charge is 0.416 e. The quantitative estimate of drug-likeness (QED) is 0.835. The van der Waals surface area contributed by atoms with Crippen LogP contribution >= 0.6 is 0 Å². The Morgan fingerprint density at radius 1 is 1.04 bits per heavy atom. The average Bonchev–Trinajstić information content (AvgIpc) is 2.99. The van der Waals surface area contributed by atoms with Crippen molar-refractivity contribution in [3.63, 3.8) is 0 Å². The Labute approximate surface area is 144 Å². The van der Waals surface area contributed by atoms with Crippen molar-refractivity contribution < 1.29 is 18.3 Å². The number of rotatable bonds is 3. The summed E-state index contributed by atoms with van der Waals surface area (Å²) in [6.07, 6.45) is -3.62. The summed E-state index contributed by atoms with van der Waals surface area (Å²) in [5, 5.41) is 9.65. The molecule has 4 nitrogen and oxygen atoms in total. The van der Waals surface area contributed by atoms with Crippen molar-refractivity contribution in [2.45, 2.75) is 24.6 Å². The van der Waals surface area contributed by atoms with Crippen molar-refractivity contribution in [1.29, 1.82) is 0 Å². The highest BCUT2D eigenvalue weighted by molar-refractivity contribution is 5.55. The monoisotopic (exact) mass is 350 g/mol. The second-order valence-electron chi connectivity index (χ2n) is 6.13. The number of aliphatic hydroxyl groups is 1. The molecule has 2 atom stereocenters. The van der Waals surface area contributed by atoms with Gasteiger partial charge in [0.2, 0.25) is 0 Å². The summed E-state index contributed by atoms with van der Waals surface area (Å²) in [7, 11) is 0. The van der Waals surface area contributed by atoms with Crippen molar-refractivity contribution in [1.82, 2.24) is 6.15 Å². The molecule has 1 aliphatic rings. The van der Waals surface area contributed by atoms with Gasteiger partial charge in [0.15, 0.2) is 0 Å². The normalized spacial score (nSPS) is 20.4. The van der Waals surface area contributed by atoms with E-state index in [4.69, 9.17) is 5.73 Å². The number of alkyl halides is 3. The topological polar surface area (TPSA) is 80.0 Å². The van der Waals surface area contributed by atoms with E-state index in [9.17, 15) is 18.3 Å². The van der Waals surface area contributed by atoms with Crippen molar-refractivity contribution in [2.24, 2.45) is 0 Å². The van der Waals surface area contributed by atoms with E-state index in [-0.39, 0.29) is 24.7 Å². The summed E-state index contributed by atoms with van der Waals surface area (Å²) in [6, 6.07) is 12.7. The van der Waals surface area contributed by atoms with Gasteiger partial charge >= 0.3 is 6.18 Å². The van der Waals surface area contributed by atoms with E-state index >= 15 is 0 Å². The molecule has 25 heavy (non-hydrogen) atoms. The number of hydrogen-bond donors (Lipinski definition) is 2. The van der Waals surface area contributed by atoms with Crippen LogP contribution < -0.4 is 16.8 Å². The van der Waals surface area contributed by atoms with Gasteiger partial charge in [0, 0.05) is 30.0 Å². The number of aliphatic hydroxyl groups excluding tert-OH is 1. The first kappa shape index (κ1) is 19.1. The summed E-state index contributed by atoms with van der Waals surface area (Å²) in [5.41, 5.74) is 7.54. The molecule has 3 radical (unpaired) electrons. The molecule has 2 aromatic rings. The third-order valence-corrected chi connectivity index (χ3v) is 4.56. The second kappa shape index (κ2) is 7.33. The highest BCUT2D eigenvalue weighted by atomic mass is 19.4. The molecule has 1 saturated heterocycles. The highest BCUT2D eigenvalue weighted by Crippen LogP contribution is 2.36. The molecule has 0 aromatic heterocycles. The van der Waals surface area contributed by atoms with Gasteiger partial charge in [0.05, 0.1) is 18.2 Å². The fourth-order valence-electron chi connectivity index (χ4n) is 3.26. The van der Waals surface area contributed by atoms with Gasteiger partial charge in [-0.15, -0.1) is 0 Å². The molecule has 0 spiro atoms. The maximum Gasteiger partial charge on any atom is 0.416 e. The number of benzene rings is 2.